The lowest BCUT2D eigenvalue weighted by Gasteiger charge is -2.49. The van der Waals surface area contributed by atoms with Crippen LogP contribution in [-0.2, 0) is 4.74 Å². The van der Waals surface area contributed by atoms with Crippen molar-refractivity contribution in [3.63, 3.8) is 0 Å². The lowest BCUT2D eigenvalue weighted by molar-refractivity contribution is -0.00438. The summed E-state index contributed by atoms with van der Waals surface area (Å²) < 4.78 is 6.08. The Morgan fingerprint density at radius 1 is 1.16 bits per heavy atom. The number of ether oxygens (including phenoxy) is 1. The van der Waals surface area contributed by atoms with Crippen molar-refractivity contribution >= 4 is 0 Å². The summed E-state index contributed by atoms with van der Waals surface area (Å²) in [7, 11) is 8.70. The van der Waals surface area contributed by atoms with Crippen LogP contribution < -0.4 is 5.32 Å². The first-order valence-electron chi connectivity index (χ1n) is 7.72. The van der Waals surface area contributed by atoms with Crippen LogP contribution in [-0.4, -0.2) is 75.4 Å². The third kappa shape index (κ3) is 3.69. The zero-order chi connectivity index (χ0) is 13.9. The van der Waals surface area contributed by atoms with Crippen molar-refractivity contribution < 1.29 is 4.74 Å². The average molecular weight is 269 g/mol. The van der Waals surface area contributed by atoms with E-state index in [-0.39, 0.29) is 0 Å². The summed E-state index contributed by atoms with van der Waals surface area (Å²) in [6.45, 7) is 3.24. The molecule has 112 valence electrons. The number of nitrogens with one attached hydrogen (secondary N) is 1. The van der Waals surface area contributed by atoms with Gasteiger partial charge < -0.3 is 19.9 Å². The Morgan fingerprint density at radius 3 is 2.37 bits per heavy atom. The minimum atomic E-state index is 0.426. The Balaban J connectivity index is 1.74. The summed E-state index contributed by atoms with van der Waals surface area (Å²) in [6.07, 6.45) is 7.36. The molecule has 0 aromatic carbocycles. The fourth-order valence-electron chi connectivity index (χ4n) is 3.54. The van der Waals surface area contributed by atoms with Gasteiger partial charge in [-0.15, -0.1) is 0 Å². The Kier molecular flexibility index (Phi) is 5.23. The number of likely N-dealkylation sites (N-methyl/N-ethyl adjacent to an activating group) is 3. The van der Waals surface area contributed by atoms with Gasteiger partial charge in [0.15, 0.2) is 0 Å². The summed E-state index contributed by atoms with van der Waals surface area (Å²) in [5, 5.41) is 3.21. The van der Waals surface area contributed by atoms with E-state index in [9.17, 15) is 0 Å². The SMILES string of the molecule is CNCC1CCC(CN(C)CC2(N(C)C)CCC2)O1. The van der Waals surface area contributed by atoms with Crippen LogP contribution in [0.3, 0.4) is 0 Å². The molecule has 4 nitrogen and oxygen atoms in total. The highest BCUT2D eigenvalue weighted by molar-refractivity contribution is 4.98. The van der Waals surface area contributed by atoms with E-state index in [1.54, 1.807) is 0 Å². The van der Waals surface area contributed by atoms with Crippen molar-refractivity contribution in [3.05, 3.63) is 0 Å². The van der Waals surface area contributed by atoms with Gasteiger partial charge in [0.25, 0.3) is 0 Å². The fourth-order valence-corrected chi connectivity index (χ4v) is 3.54. The van der Waals surface area contributed by atoms with E-state index < -0.39 is 0 Å². The Hall–Kier alpha value is -0.160. The van der Waals surface area contributed by atoms with E-state index in [2.05, 4.69) is 36.3 Å². The van der Waals surface area contributed by atoms with Gasteiger partial charge in [0, 0.05) is 25.2 Å². The van der Waals surface area contributed by atoms with Crippen LogP contribution in [0.15, 0.2) is 0 Å². The lowest BCUT2D eigenvalue weighted by atomic mass is 9.75. The maximum atomic E-state index is 6.08. The van der Waals surface area contributed by atoms with Crippen LogP contribution in [0.4, 0.5) is 0 Å². The molecule has 1 N–H and O–H groups in total. The third-order valence-electron chi connectivity index (χ3n) is 4.94. The van der Waals surface area contributed by atoms with Gasteiger partial charge in [-0.2, -0.15) is 0 Å². The third-order valence-corrected chi connectivity index (χ3v) is 4.94. The summed E-state index contributed by atoms with van der Waals surface area (Å²) in [5.74, 6) is 0. The minimum Gasteiger partial charge on any atom is -0.372 e. The van der Waals surface area contributed by atoms with Crippen molar-refractivity contribution in [2.24, 2.45) is 0 Å². The first-order chi connectivity index (χ1) is 9.05. The van der Waals surface area contributed by atoms with Gasteiger partial charge in [0.05, 0.1) is 12.2 Å². The van der Waals surface area contributed by atoms with Gasteiger partial charge >= 0.3 is 0 Å². The van der Waals surface area contributed by atoms with E-state index in [1.807, 2.05) is 7.05 Å². The van der Waals surface area contributed by atoms with E-state index in [0.29, 0.717) is 17.7 Å². The van der Waals surface area contributed by atoms with Gasteiger partial charge in [-0.3, -0.25) is 0 Å². The number of hydrogen-bond acceptors (Lipinski definition) is 4. The van der Waals surface area contributed by atoms with Crippen LogP contribution >= 0.6 is 0 Å². The monoisotopic (exact) mass is 269 g/mol. The molecule has 1 saturated heterocycles. The first kappa shape index (κ1) is 15.2. The molecule has 2 rings (SSSR count). The van der Waals surface area contributed by atoms with Crippen LogP contribution in [0.1, 0.15) is 32.1 Å². The molecule has 0 radical (unpaired) electrons. The van der Waals surface area contributed by atoms with Crippen molar-refractivity contribution in [3.8, 4) is 0 Å². The van der Waals surface area contributed by atoms with E-state index in [0.717, 1.165) is 13.1 Å². The highest BCUT2D eigenvalue weighted by Crippen LogP contribution is 2.36. The molecule has 1 aliphatic heterocycles. The fraction of sp³-hybridized carbons (Fsp3) is 1.00. The lowest BCUT2D eigenvalue weighted by Crippen LogP contribution is -2.57. The maximum absolute atomic E-state index is 6.08. The van der Waals surface area contributed by atoms with E-state index >= 15 is 0 Å². The minimum absolute atomic E-state index is 0.426. The van der Waals surface area contributed by atoms with E-state index in [4.69, 9.17) is 4.74 Å². The summed E-state index contributed by atoms with van der Waals surface area (Å²) in [5.41, 5.74) is 0.428. The second-order valence-corrected chi connectivity index (χ2v) is 6.68. The maximum Gasteiger partial charge on any atom is 0.0707 e. The highest BCUT2D eigenvalue weighted by Gasteiger charge is 2.40. The normalized spacial score (nSPS) is 30.0. The van der Waals surface area contributed by atoms with Crippen LogP contribution in [0.25, 0.3) is 0 Å². The second kappa shape index (κ2) is 6.53. The molecule has 2 aliphatic rings. The van der Waals surface area contributed by atoms with Crippen molar-refractivity contribution in [2.75, 3.05) is 47.8 Å². The molecule has 4 heteroatoms. The topological polar surface area (TPSA) is 27.7 Å². The largest absolute Gasteiger partial charge is 0.372 e. The molecule has 0 bridgehead atoms. The van der Waals surface area contributed by atoms with Gasteiger partial charge in [0.2, 0.25) is 0 Å². The number of hydrogen-bond donors (Lipinski definition) is 1. The molecular weight excluding hydrogens is 238 g/mol. The molecule has 2 fully saturated rings. The molecule has 0 spiro atoms. The molecule has 19 heavy (non-hydrogen) atoms. The Labute approximate surface area is 118 Å². The molecule has 1 heterocycles. The van der Waals surface area contributed by atoms with Gasteiger partial charge in [0.1, 0.15) is 0 Å². The van der Waals surface area contributed by atoms with Crippen LogP contribution in [0.2, 0.25) is 0 Å². The standard InChI is InChI=1S/C15H31N3O/c1-16-10-13-6-7-14(19-13)11-18(4)12-15(17(2)3)8-5-9-15/h13-14,16H,5-12H2,1-4H3. The molecule has 0 aromatic heterocycles. The molecule has 0 aromatic rings. The molecule has 0 amide bonds. The average Bonchev–Trinajstić information content (AvgIpc) is 2.71. The molecule has 2 unspecified atom stereocenters. The first-order valence-corrected chi connectivity index (χ1v) is 7.72. The molecular formula is C15H31N3O. The number of nitrogens with zero attached hydrogens (tertiary/aromatic N) is 2. The molecule has 1 saturated carbocycles. The predicted octanol–water partition coefficient (Wildman–Crippen LogP) is 1.17. The smallest absolute Gasteiger partial charge is 0.0707 e. The Morgan fingerprint density at radius 2 is 1.84 bits per heavy atom. The summed E-state index contributed by atoms with van der Waals surface area (Å²) in [4.78, 5) is 4.90. The summed E-state index contributed by atoms with van der Waals surface area (Å²) >= 11 is 0. The highest BCUT2D eigenvalue weighted by atomic mass is 16.5. The van der Waals surface area contributed by atoms with Crippen LogP contribution in [0, 0.1) is 0 Å². The zero-order valence-electron chi connectivity index (χ0n) is 13.1. The molecule has 1 aliphatic carbocycles. The van der Waals surface area contributed by atoms with E-state index in [1.165, 1.54) is 38.6 Å². The van der Waals surface area contributed by atoms with Gasteiger partial charge in [-0.1, -0.05) is 0 Å². The van der Waals surface area contributed by atoms with Crippen LogP contribution in [0.5, 0.6) is 0 Å². The van der Waals surface area contributed by atoms with Crippen molar-refractivity contribution in [1.29, 1.82) is 0 Å². The van der Waals surface area contributed by atoms with Crippen molar-refractivity contribution in [1.82, 2.24) is 15.1 Å². The Bertz CT molecular complexity index is 279. The second-order valence-electron chi connectivity index (χ2n) is 6.68. The van der Waals surface area contributed by atoms with Gasteiger partial charge in [-0.25, -0.2) is 0 Å². The summed E-state index contributed by atoms with van der Waals surface area (Å²) in [6, 6.07) is 0. The van der Waals surface area contributed by atoms with Crippen molar-refractivity contribution in [2.45, 2.75) is 49.9 Å². The predicted molar refractivity (Wildman–Crippen MR) is 79.6 cm³/mol. The zero-order valence-corrected chi connectivity index (χ0v) is 13.1. The van der Waals surface area contributed by atoms with Gasteiger partial charge in [-0.05, 0) is 60.3 Å². The quantitative estimate of drug-likeness (QED) is 0.751. The number of rotatable bonds is 7. The molecule has 2 atom stereocenters.